The summed E-state index contributed by atoms with van der Waals surface area (Å²) in [5.74, 6) is 5.25. The van der Waals surface area contributed by atoms with Gasteiger partial charge in [0, 0.05) is 19.3 Å². The van der Waals surface area contributed by atoms with E-state index in [0.29, 0.717) is 16.6 Å². The van der Waals surface area contributed by atoms with Crippen LogP contribution >= 0.6 is 11.6 Å². The van der Waals surface area contributed by atoms with Gasteiger partial charge in [-0.05, 0) is 36.3 Å². The summed E-state index contributed by atoms with van der Waals surface area (Å²) >= 11 is 6.71. The number of carbonyl (C=O) groups excluding carboxylic acids is 1. The Labute approximate surface area is 165 Å². The van der Waals surface area contributed by atoms with Gasteiger partial charge in [-0.3, -0.25) is 15.2 Å². The molecule has 1 fully saturated rings. The molecule has 1 atom stereocenters. The normalized spacial score (nSPS) is 16.4. The van der Waals surface area contributed by atoms with Gasteiger partial charge < -0.3 is 4.90 Å². The fraction of sp³-hybridized carbons (Fsp3) is 0.429. The van der Waals surface area contributed by atoms with E-state index in [1.54, 1.807) is 6.20 Å². The van der Waals surface area contributed by atoms with Crippen molar-refractivity contribution in [2.45, 2.75) is 38.5 Å². The first-order valence-electron chi connectivity index (χ1n) is 9.47. The summed E-state index contributed by atoms with van der Waals surface area (Å²) in [6, 6.07) is 12.6. The molecular weight excluding hydrogens is 360 g/mol. The third kappa shape index (κ3) is 4.25. The molecule has 0 radical (unpaired) electrons. The third-order valence-corrected chi connectivity index (χ3v) is 5.78. The van der Waals surface area contributed by atoms with E-state index in [1.807, 2.05) is 19.9 Å². The van der Waals surface area contributed by atoms with Gasteiger partial charge in [0.05, 0.1) is 22.3 Å². The van der Waals surface area contributed by atoms with E-state index in [9.17, 15) is 4.79 Å². The highest BCUT2D eigenvalue weighted by Crippen LogP contribution is 2.38. The number of halogens is 1. The van der Waals surface area contributed by atoms with Crippen LogP contribution in [0.2, 0.25) is 5.02 Å². The molecular formula is C21H27ClN4O. The van der Waals surface area contributed by atoms with Crippen molar-refractivity contribution in [2.75, 3.05) is 18.0 Å². The highest BCUT2D eigenvalue weighted by Gasteiger charge is 2.30. The van der Waals surface area contributed by atoms with Gasteiger partial charge in [-0.2, -0.15) is 0 Å². The third-order valence-electron chi connectivity index (χ3n) is 5.39. The molecule has 6 heteroatoms. The molecule has 5 nitrogen and oxygen atoms in total. The van der Waals surface area contributed by atoms with Crippen LogP contribution in [0.25, 0.3) is 0 Å². The number of hydrogen-bond donors (Lipinski definition) is 2. The molecule has 1 aromatic heterocycles. The highest BCUT2D eigenvalue weighted by molar-refractivity contribution is 6.34. The van der Waals surface area contributed by atoms with Gasteiger partial charge >= 0.3 is 0 Å². The fourth-order valence-corrected chi connectivity index (χ4v) is 4.27. The largest absolute Gasteiger partial charge is 0.370 e. The van der Waals surface area contributed by atoms with Crippen molar-refractivity contribution in [3.05, 3.63) is 58.9 Å². The van der Waals surface area contributed by atoms with E-state index in [-0.39, 0.29) is 11.8 Å². The van der Waals surface area contributed by atoms with Crippen molar-refractivity contribution in [2.24, 2.45) is 11.8 Å². The zero-order valence-electron chi connectivity index (χ0n) is 15.9. The van der Waals surface area contributed by atoms with E-state index < -0.39 is 5.92 Å². The number of nitrogens with one attached hydrogen (secondary N) is 1. The smallest absolute Gasteiger partial charge is 0.243 e. The van der Waals surface area contributed by atoms with E-state index in [1.165, 1.54) is 5.56 Å². The van der Waals surface area contributed by atoms with E-state index in [0.717, 1.165) is 31.6 Å². The maximum atomic E-state index is 12.2. The molecule has 0 spiro atoms. The maximum absolute atomic E-state index is 12.2. The molecule has 1 aliphatic rings. The second kappa shape index (κ2) is 8.72. The minimum absolute atomic E-state index is 0.0395. The first-order valence-corrected chi connectivity index (χ1v) is 9.85. The van der Waals surface area contributed by atoms with Crippen LogP contribution in [-0.2, 0) is 4.79 Å². The number of nitrogens with two attached hydrogens (primary N) is 1. The number of aromatic nitrogens is 1. The van der Waals surface area contributed by atoms with Crippen LogP contribution < -0.4 is 16.2 Å². The van der Waals surface area contributed by atoms with Crippen molar-refractivity contribution in [3.63, 3.8) is 0 Å². The summed E-state index contributed by atoms with van der Waals surface area (Å²) in [6.07, 6.45) is 3.89. The SMILES string of the molecule is CC(C)C(C(=O)NN)c1nccc(N2CCC(c3ccccc3)CC2)c1Cl. The second-order valence-corrected chi connectivity index (χ2v) is 7.81. The number of benzene rings is 1. The average molecular weight is 387 g/mol. The van der Waals surface area contributed by atoms with Gasteiger partial charge in [-0.1, -0.05) is 55.8 Å². The quantitative estimate of drug-likeness (QED) is 0.465. The van der Waals surface area contributed by atoms with Gasteiger partial charge in [0.15, 0.2) is 0 Å². The van der Waals surface area contributed by atoms with Crippen LogP contribution in [0.15, 0.2) is 42.6 Å². The number of carbonyl (C=O) groups is 1. The number of nitrogens with zero attached hydrogens (tertiary/aromatic N) is 2. The van der Waals surface area contributed by atoms with Crippen LogP contribution in [0.5, 0.6) is 0 Å². The van der Waals surface area contributed by atoms with Gasteiger partial charge in [-0.25, -0.2) is 5.84 Å². The molecule has 0 aliphatic carbocycles. The second-order valence-electron chi connectivity index (χ2n) is 7.43. The van der Waals surface area contributed by atoms with Crippen LogP contribution in [0, 0.1) is 5.92 Å². The number of anilines is 1. The molecule has 0 bridgehead atoms. The number of hydrogen-bond acceptors (Lipinski definition) is 4. The molecule has 1 aliphatic heterocycles. The van der Waals surface area contributed by atoms with Crippen LogP contribution in [0.1, 0.15) is 49.8 Å². The number of piperidine rings is 1. The molecule has 2 aromatic rings. The standard InChI is InChI=1S/C21H27ClN4O/c1-14(2)18(21(27)25-23)20-19(22)17(8-11-24-20)26-12-9-16(10-13-26)15-6-4-3-5-7-15/h3-8,11,14,16,18H,9-10,12-13,23H2,1-2H3,(H,25,27). The Morgan fingerprint density at radius 2 is 1.89 bits per heavy atom. The van der Waals surface area contributed by atoms with E-state index >= 15 is 0 Å². The summed E-state index contributed by atoms with van der Waals surface area (Å²) in [4.78, 5) is 19.0. The van der Waals surface area contributed by atoms with Gasteiger partial charge in [-0.15, -0.1) is 0 Å². The summed E-state index contributed by atoms with van der Waals surface area (Å²) in [6.45, 7) is 5.79. The molecule has 3 N–H and O–H groups in total. The Morgan fingerprint density at radius 3 is 2.48 bits per heavy atom. The number of pyridine rings is 1. The Hall–Kier alpha value is -2.11. The van der Waals surface area contributed by atoms with E-state index in [4.69, 9.17) is 17.4 Å². The van der Waals surface area contributed by atoms with Crippen molar-refractivity contribution in [3.8, 4) is 0 Å². The molecule has 0 saturated carbocycles. The average Bonchev–Trinajstić information content (AvgIpc) is 2.70. The monoisotopic (exact) mass is 386 g/mol. The first-order chi connectivity index (χ1) is 13.0. The zero-order valence-corrected chi connectivity index (χ0v) is 16.6. The predicted octanol–water partition coefficient (Wildman–Crippen LogP) is 3.85. The molecule has 144 valence electrons. The molecule has 1 aromatic carbocycles. The lowest BCUT2D eigenvalue weighted by atomic mass is 9.88. The van der Waals surface area contributed by atoms with Gasteiger partial charge in [0.1, 0.15) is 0 Å². The Morgan fingerprint density at radius 1 is 1.22 bits per heavy atom. The molecule has 3 rings (SSSR count). The molecule has 1 amide bonds. The summed E-state index contributed by atoms with van der Waals surface area (Å²) in [5, 5.41) is 0.554. The lowest BCUT2D eigenvalue weighted by molar-refractivity contribution is -0.123. The number of hydrazine groups is 1. The van der Waals surface area contributed by atoms with Crippen molar-refractivity contribution >= 4 is 23.2 Å². The topological polar surface area (TPSA) is 71.2 Å². The van der Waals surface area contributed by atoms with Crippen molar-refractivity contribution in [1.82, 2.24) is 10.4 Å². The summed E-state index contributed by atoms with van der Waals surface area (Å²) in [5.41, 5.74) is 5.19. The van der Waals surface area contributed by atoms with E-state index in [2.05, 4.69) is 45.6 Å². The van der Waals surface area contributed by atoms with Gasteiger partial charge in [0.2, 0.25) is 5.91 Å². The molecule has 2 heterocycles. The number of rotatable bonds is 5. The molecule has 1 saturated heterocycles. The zero-order chi connectivity index (χ0) is 19.4. The van der Waals surface area contributed by atoms with Crippen molar-refractivity contribution < 1.29 is 4.79 Å². The summed E-state index contributed by atoms with van der Waals surface area (Å²) in [7, 11) is 0. The van der Waals surface area contributed by atoms with Crippen molar-refractivity contribution in [1.29, 1.82) is 0 Å². The fourth-order valence-electron chi connectivity index (χ4n) is 3.92. The summed E-state index contributed by atoms with van der Waals surface area (Å²) < 4.78 is 0. The predicted molar refractivity (Wildman–Crippen MR) is 110 cm³/mol. The Kier molecular flexibility index (Phi) is 6.34. The lowest BCUT2D eigenvalue weighted by Crippen LogP contribution is -2.37. The minimum Gasteiger partial charge on any atom is -0.370 e. The van der Waals surface area contributed by atoms with Crippen LogP contribution in [0.3, 0.4) is 0 Å². The molecule has 27 heavy (non-hydrogen) atoms. The molecule has 1 unspecified atom stereocenters. The highest BCUT2D eigenvalue weighted by atomic mass is 35.5. The Balaban J connectivity index is 1.79. The minimum atomic E-state index is -0.468. The number of amides is 1. The van der Waals surface area contributed by atoms with Gasteiger partial charge in [0.25, 0.3) is 0 Å². The van der Waals surface area contributed by atoms with Crippen LogP contribution in [0.4, 0.5) is 5.69 Å². The maximum Gasteiger partial charge on any atom is 0.243 e. The Bertz CT molecular complexity index is 773. The lowest BCUT2D eigenvalue weighted by Gasteiger charge is -2.35. The first kappa shape index (κ1) is 19.6. The van der Waals surface area contributed by atoms with Crippen LogP contribution in [-0.4, -0.2) is 24.0 Å².